The molecule has 0 spiro atoms. The molecule has 2 aliphatic rings. The summed E-state index contributed by atoms with van der Waals surface area (Å²) in [7, 11) is 0. The molecule has 5 nitrogen and oxygen atoms in total. The molecule has 2 fully saturated rings. The van der Waals surface area contributed by atoms with Crippen LogP contribution in [0.1, 0.15) is 24.8 Å². The van der Waals surface area contributed by atoms with Gasteiger partial charge in [-0.15, -0.1) is 0 Å². The van der Waals surface area contributed by atoms with Gasteiger partial charge in [0.1, 0.15) is 5.82 Å². The number of carboxylic acids is 1. The van der Waals surface area contributed by atoms with E-state index in [0.29, 0.717) is 13.0 Å². The van der Waals surface area contributed by atoms with E-state index in [1.165, 1.54) is 17.0 Å². The molecule has 0 unspecified atom stereocenters. The van der Waals surface area contributed by atoms with Crippen LogP contribution in [0, 0.1) is 24.1 Å². The molecule has 1 heterocycles. The standard InChI is InChI=1S/C16H19FN2O3/c1-10-4-5-13(12(17)7-10)18-15(22)19-8-11-3-2-6-16(11,9-19)14(20)21/h4-5,7,11H,2-3,6,8-9H2,1H3,(H,18,22)(H,20,21)/t11-,16+/m0/s1. The Bertz CT molecular complexity index is 634. The quantitative estimate of drug-likeness (QED) is 0.882. The average Bonchev–Trinajstić information content (AvgIpc) is 2.99. The van der Waals surface area contributed by atoms with Crippen molar-refractivity contribution in [2.24, 2.45) is 11.3 Å². The second kappa shape index (κ2) is 5.26. The lowest BCUT2D eigenvalue weighted by atomic mass is 9.81. The first-order valence-corrected chi connectivity index (χ1v) is 7.48. The predicted octanol–water partition coefficient (Wildman–Crippen LogP) is 2.85. The zero-order chi connectivity index (χ0) is 15.9. The van der Waals surface area contributed by atoms with Gasteiger partial charge in [0.05, 0.1) is 11.1 Å². The monoisotopic (exact) mass is 306 g/mol. The Hall–Kier alpha value is -2.11. The minimum atomic E-state index is -0.827. The highest BCUT2D eigenvalue weighted by atomic mass is 19.1. The first-order valence-electron chi connectivity index (χ1n) is 7.48. The summed E-state index contributed by atoms with van der Waals surface area (Å²) in [6, 6.07) is 4.16. The van der Waals surface area contributed by atoms with Crippen molar-refractivity contribution in [1.29, 1.82) is 0 Å². The third kappa shape index (κ3) is 2.32. The fourth-order valence-electron chi connectivity index (χ4n) is 3.71. The van der Waals surface area contributed by atoms with Gasteiger partial charge in [0.2, 0.25) is 0 Å². The maximum absolute atomic E-state index is 13.8. The largest absolute Gasteiger partial charge is 0.481 e. The Kier molecular flexibility index (Phi) is 3.54. The summed E-state index contributed by atoms with van der Waals surface area (Å²) in [5, 5.41) is 12.1. The van der Waals surface area contributed by atoms with Crippen LogP contribution in [0.2, 0.25) is 0 Å². The van der Waals surface area contributed by atoms with E-state index >= 15 is 0 Å². The maximum Gasteiger partial charge on any atom is 0.321 e. The number of amides is 2. The van der Waals surface area contributed by atoms with Crippen molar-refractivity contribution in [3.63, 3.8) is 0 Å². The molecule has 1 saturated carbocycles. The maximum atomic E-state index is 13.8. The van der Waals surface area contributed by atoms with Crippen LogP contribution in [0.15, 0.2) is 18.2 Å². The lowest BCUT2D eigenvalue weighted by Crippen LogP contribution is -2.38. The van der Waals surface area contributed by atoms with E-state index in [-0.39, 0.29) is 18.2 Å². The van der Waals surface area contributed by atoms with Crippen LogP contribution in [-0.2, 0) is 4.79 Å². The van der Waals surface area contributed by atoms with Crippen molar-refractivity contribution < 1.29 is 19.1 Å². The Morgan fingerprint density at radius 1 is 1.45 bits per heavy atom. The van der Waals surface area contributed by atoms with Gasteiger partial charge in [0, 0.05) is 13.1 Å². The number of hydrogen-bond acceptors (Lipinski definition) is 2. The molecule has 0 aromatic heterocycles. The number of halogens is 1. The average molecular weight is 306 g/mol. The summed E-state index contributed by atoms with van der Waals surface area (Å²) in [4.78, 5) is 25.4. The summed E-state index contributed by atoms with van der Waals surface area (Å²) in [6.07, 6.45) is 2.32. The molecule has 2 amide bonds. The minimum Gasteiger partial charge on any atom is -0.481 e. The van der Waals surface area contributed by atoms with Gasteiger partial charge in [-0.05, 0) is 43.4 Å². The van der Waals surface area contributed by atoms with Crippen molar-refractivity contribution in [2.45, 2.75) is 26.2 Å². The van der Waals surface area contributed by atoms with Gasteiger partial charge in [-0.2, -0.15) is 0 Å². The number of nitrogens with one attached hydrogen (secondary N) is 1. The number of aliphatic carboxylic acids is 1. The SMILES string of the molecule is Cc1ccc(NC(=O)N2C[C@@H]3CCC[C@@]3(C(=O)O)C2)c(F)c1. The zero-order valence-electron chi connectivity index (χ0n) is 12.4. The Labute approximate surface area is 128 Å². The van der Waals surface area contributed by atoms with E-state index < -0.39 is 23.2 Å². The highest BCUT2D eigenvalue weighted by Crippen LogP contribution is 2.48. The van der Waals surface area contributed by atoms with Crippen LogP contribution < -0.4 is 5.32 Å². The van der Waals surface area contributed by atoms with Gasteiger partial charge in [0.15, 0.2) is 0 Å². The normalized spacial score (nSPS) is 26.8. The number of carboxylic acid groups (broad SMARTS) is 1. The number of aryl methyl sites for hydroxylation is 1. The van der Waals surface area contributed by atoms with Crippen molar-refractivity contribution in [3.05, 3.63) is 29.6 Å². The number of likely N-dealkylation sites (tertiary alicyclic amines) is 1. The number of carbonyl (C=O) groups excluding carboxylic acids is 1. The predicted molar refractivity (Wildman–Crippen MR) is 79.1 cm³/mol. The fraction of sp³-hybridized carbons (Fsp3) is 0.500. The molecule has 1 aromatic rings. The summed E-state index contributed by atoms with van der Waals surface area (Å²) in [5.41, 5.74) is 0.0801. The van der Waals surface area contributed by atoms with Crippen molar-refractivity contribution in [2.75, 3.05) is 18.4 Å². The molecular weight excluding hydrogens is 287 g/mol. The molecule has 1 aliphatic carbocycles. The third-order valence-electron chi connectivity index (χ3n) is 4.95. The summed E-state index contributed by atoms with van der Waals surface area (Å²) < 4.78 is 13.8. The molecule has 0 bridgehead atoms. The molecule has 0 radical (unpaired) electrons. The molecule has 3 rings (SSSR count). The topological polar surface area (TPSA) is 69.6 Å². The summed E-state index contributed by atoms with van der Waals surface area (Å²) in [6.45, 7) is 2.39. The number of benzene rings is 1. The number of urea groups is 1. The van der Waals surface area contributed by atoms with Crippen LogP contribution in [0.4, 0.5) is 14.9 Å². The molecule has 1 saturated heterocycles. The van der Waals surface area contributed by atoms with E-state index in [9.17, 15) is 19.1 Å². The molecule has 6 heteroatoms. The van der Waals surface area contributed by atoms with E-state index in [1.807, 2.05) is 0 Å². The Balaban J connectivity index is 1.73. The van der Waals surface area contributed by atoms with Gasteiger partial charge in [-0.25, -0.2) is 9.18 Å². The third-order valence-corrected chi connectivity index (χ3v) is 4.95. The van der Waals surface area contributed by atoms with Crippen LogP contribution in [0.3, 0.4) is 0 Å². The number of rotatable bonds is 2. The lowest BCUT2D eigenvalue weighted by molar-refractivity contribution is -0.149. The first kappa shape index (κ1) is 14.8. The second-order valence-electron chi connectivity index (χ2n) is 6.34. The minimum absolute atomic E-state index is 0.00128. The number of carbonyl (C=O) groups is 2. The van der Waals surface area contributed by atoms with E-state index in [0.717, 1.165) is 18.4 Å². The van der Waals surface area contributed by atoms with Crippen LogP contribution in [0.25, 0.3) is 0 Å². The molecule has 2 atom stereocenters. The lowest BCUT2D eigenvalue weighted by Gasteiger charge is -2.23. The summed E-state index contributed by atoms with van der Waals surface area (Å²) >= 11 is 0. The fourth-order valence-corrected chi connectivity index (χ4v) is 3.71. The van der Waals surface area contributed by atoms with Crippen molar-refractivity contribution in [3.8, 4) is 0 Å². The first-order chi connectivity index (χ1) is 10.4. The number of nitrogens with zero attached hydrogens (tertiary/aromatic N) is 1. The van der Waals surface area contributed by atoms with Crippen LogP contribution in [0.5, 0.6) is 0 Å². The zero-order valence-corrected chi connectivity index (χ0v) is 12.4. The highest BCUT2D eigenvalue weighted by molar-refractivity contribution is 5.90. The van der Waals surface area contributed by atoms with Crippen LogP contribution >= 0.6 is 0 Å². The van der Waals surface area contributed by atoms with Crippen LogP contribution in [-0.4, -0.2) is 35.1 Å². The van der Waals surface area contributed by atoms with Gasteiger partial charge >= 0.3 is 12.0 Å². The van der Waals surface area contributed by atoms with E-state index in [1.54, 1.807) is 13.0 Å². The molecule has 118 valence electrons. The van der Waals surface area contributed by atoms with E-state index in [2.05, 4.69) is 5.32 Å². The molecular formula is C16H19FN2O3. The summed E-state index contributed by atoms with van der Waals surface area (Å²) in [5.74, 6) is -1.31. The second-order valence-corrected chi connectivity index (χ2v) is 6.34. The molecule has 2 N–H and O–H groups in total. The number of fused-ring (bicyclic) bond motifs is 1. The number of anilines is 1. The van der Waals surface area contributed by atoms with E-state index in [4.69, 9.17) is 0 Å². The van der Waals surface area contributed by atoms with Crippen molar-refractivity contribution >= 4 is 17.7 Å². The number of hydrogen-bond donors (Lipinski definition) is 2. The highest BCUT2D eigenvalue weighted by Gasteiger charge is 2.55. The van der Waals surface area contributed by atoms with Crippen molar-refractivity contribution in [1.82, 2.24) is 4.90 Å². The Morgan fingerprint density at radius 3 is 2.86 bits per heavy atom. The molecule has 22 heavy (non-hydrogen) atoms. The van der Waals surface area contributed by atoms with Gasteiger partial charge in [0.25, 0.3) is 0 Å². The van der Waals surface area contributed by atoms with Gasteiger partial charge < -0.3 is 15.3 Å². The smallest absolute Gasteiger partial charge is 0.321 e. The van der Waals surface area contributed by atoms with Gasteiger partial charge in [-0.3, -0.25) is 4.79 Å². The van der Waals surface area contributed by atoms with Gasteiger partial charge in [-0.1, -0.05) is 12.5 Å². The molecule has 1 aliphatic heterocycles. The molecule has 1 aromatic carbocycles. The Morgan fingerprint density at radius 2 is 2.23 bits per heavy atom.